The number of nitrogens with two attached hydrogens (primary N) is 1. The smallest absolute Gasteiger partial charge is 0.308 e. The lowest BCUT2D eigenvalue weighted by Crippen LogP contribution is -2.38. The van der Waals surface area contributed by atoms with Gasteiger partial charge in [-0.15, -0.1) is 0 Å². The highest BCUT2D eigenvalue weighted by atomic mass is 16.4. The number of carboxylic acids is 1. The molecular formula is C15H18N2O3. The van der Waals surface area contributed by atoms with E-state index in [0.29, 0.717) is 17.7 Å². The molecule has 106 valence electrons. The molecule has 2 aliphatic rings. The van der Waals surface area contributed by atoms with Crippen molar-refractivity contribution in [3.63, 3.8) is 0 Å². The third kappa shape index (κ3) is 1.85. The zero-order valence-electron chi connectivity index (χ0n) is 11.4. The van der Waals surface area contributed by atoms with Gasteiger partial charge in [0.25, 0.3) is 5.91 Å². The Labute approximate surface area is 117 Å². The first kappa shape index (κ1) is 13.0. The molecule has 3 N–H and O–H groups in total. The Bertz CT molecular complexity index is 584. The van der Waals surface area contributed by atoms with Gasteiger partial charge in [0.2, 0.25) is 0 Å². The zero-order chi connectivity index (χ0) is 14.4. The van der Waals surface area contributed by atoms with Crippen LogP contribution in [0.1, 0.15) is 35.2 Å². The van der Waals surface area contributed by atoms with Crippen molar-refractivity contribution in [1.29, 1.82) is 0 Å². The molecular weight excluding hydrogens is 256 g/mol. The van der Waals surface area contributed by atoms with Crippen LogP contribution in [0.5, 0.6) is 0 Å². The SMILES string of the molecule is Cc1ccc(N)c(C(=O)N2C3CCC2C(C(=O)O)C3)c1. The van der Waals surface area contributed by atoms with Gasteiger partial charge in [0.1, 0.15) is 0 Å². The van der Waals surface area contributed by atoms with Crippen molar-refractivity contribution in [2.45, 2.75) is 38.3 Å². The highest BCUT2D eigenvalue weighted by Crippen LogP contribution is 2.42. The van der Waals surface area contributed by atoms with Gasteiger partial charge in [0.15, 0.2) is 0 Å². The van der Waals surface area contributed by atoms with E-state index in [4.69, 9.17) is 5.73 Å². The fraction of sp³-hybridized carbons (Fsp3) is 0.467. The number of amides is 1. The van der Waals surface area contributed by atoms with Crippen LogP contribution < -0.4 is 5.73 Å². The van der Waals surface area contributed by atoms with Gasteiger partial charge >= 0.3 is 5.97 Å². The molecule has 0 aliphatic carbocycles. The molecule has 2 heterocycles. The summed E-state index contributed by atoms with van der Waals surface area (Å²) in [5.41, 5.74) is 7.83. The maximum absolute atomic E-state index is 12.7. The van der Waals surface area contributed by atoms with E-state index in [0.717, 1.165) is 18.4 Å². The second-order valence-electron chi connectivity index (χ2n) is 5.78. The summed E-state index contributed by atoms with van der Waals surface area (Å²) >= 11 is 0. The van der Waals surface area contributed by atoms with Crippen LogP contribution in [0.2, 0.25) is 0 Å². The Morgan fingerprint density at radius 3 is 2.75 bits per heavy atom. The molecule has 3 unspecified atom stereocenters. The number of benzene rings is 1. The monoisotopic (exact) mass is 274 g/mol. The molecule has 20 heavy (non-hydrogen) atoms. The van der Waals surface area contributed by atoms with Gasteiger partial charge < -0.3 is 15.7 Å². The van der Waals surface area contributed by atoms with Crippen LogP contribution in [0, 0.1) is 12.8 Å². The van der Waals surface area contributed by atoms with Crippen LogP contribution >= 0.6 is 0 Å². The van der Waals surface area contributed by atoms with Gasteiger partial charge in [-0.2, -0.15) is 0 Å². The lowest BCUT2D eigenvalue weighted by atomic mass is 9.89. The van der Waals surface area contributed by atoms with E-state index in [1.54, 1.807) is 17.0 Å². The Hall–Kier alpha value is -2.04. The second-order valence-corrected chi connectivity index (χ2v) is 5.78. The molecule has 0 radical (unpaired) electrons. The lowest BCUT2D eigenvalue weighted by molar-refractivity contribution is -0.142. The van der Waals surface area contributed by atoms with E-state index in [-0.39, 0.29) is 18.0 Å². The summed E-state index contributed by atoms with van der Waals surface area (Å²) in [4.78, 5) is 25.7. The van der Waals surface area contributed by atoms with Crippen molar-refractivity contribution in [2.75, 3.05) is 5.73 Å². The molecule has 2 fully saturated rings. The molecule has 3 rings (SSSR count). The molecule has 5 nitrogen and oxygen atoms in total. The highest BCUT2D eigenvalue weighted by Gasteiger charge is 2.51. The van der Waals surface area contributed by atoms with Gasteiger partial charge in [0.05, 0.1) is 11.5 Å². The minimum atomic E-state index is -0.799. The fourth-order valence-electron chi connectivity index (χ4n) is 3.57. The molecule has 1 amide bonds. The molecule has 1 aromatic rings. The number of rotatable bonds is 2. The Balaban J connectivity index is 1.92. The fourth-order valence-corrected chi connectivity index (χ4v) is 3.57. The number of hydrogen-bond acceptors (Lipinski definition) is 3. The number of anilines is 1. The summed E-state index contributed by atoms with van der Waals surface area (Å²) in [5, 5.41) is 9.24. The number of carbonyl (C=O) groups excluding carboxylic acids is 1. The first-order valence-corrected chi connectivity index (χ1v) is 6.90. The Kier molecular flexibility index (Phi) is 2.92. The molecule has 2 aliphatic heterocycles. The normalized spacial score (nSPS) is 27.9. The quantitative estimate of drug-likeness (QED) is 0.803. The van der Waals surface area contributed by atoms with E-state index in [2.05, 4.69) is 0 Å². The van der Waals surface area contributed by atoms with Gasteiger partial charge in [-0.1, -0.05) is 11.6 Å². The van der Waals surface area contributed by atoms with E-state index < -0.39 is 11.9 Å². The van der Waals surface area contributed by atoms with Crippen LogP contribution in [0.4, 0.5) is 5.69 Å². The number of carbonyl (C=O) groups is 2. The number of nitrogens with zero attached hydrogens (tertiary/aromatic N) is 1. The average molecular weight is 274 g/mol. The third-order valence-electron chi connectivity index (χ3n) is 4.53. The van der Waals surface area contributed by atoms with Crippen LogP contribution in [0.25, 0.3) is 0 Å². The van der Waals surface area contributed by atoms with E-state index in [1.807, 2.05) is 13.0 Å². The molecule has 0 aromatic heterocycles. The minimum absolute atomic E-state index is 0.0495. The summed E-state index contributed by atoms with van der Waals surface area (Å²) in [6.07, 6.45) is 2.24. The van der Waals surface area contributed by atoms with Gasteiger partial charge in [-0.05, 0) is 38.3 Å². The number of aliphatic carboxylic acids is 1. The Morgan fingerprint density at radius 1 is 1.35 bits per heavy atom. The standard InChI is InChI=1S/C15H18N2O3/c1-8-2-4-12(16)10(6-8)14(18)17-9-3-5-13(17)11(7-9)15(19)20/h2,4,6,9,11,13H,3,5,7,16H2,1H3,(H,19,20). The molecule has 0 saturated carbocycles. The maximum atomic E-state index is 12.7. The summed E-state index contributed by atoms with van der Waals surface area (Å²) in [6, 6.07) is 5.25. The van der Waals surface area contributed by atoms with Crippen LogP contribution in [0.3, 0.4) is 0 Å². The first-order chi connectivity index (χ1) is 9.49. The van der Waals surface area contributed by atoms with Gasteiger partial charge in [0, 0.05) is 17.8 Å². The zero-order valence-corrected chi connectivity index (χ0v) is 11.4. The molecule has 0 spiro atoms. The van der Waals surface area contributed by atoms with E-state index in [1.165, 1.54) is 0 Å². The van der Waals surface area contributed by atoms with E-state index >= 15 is 0 Å². The number of aryl methyl sites for hydroxylation is 1. The third-order valence-corrected chi connectivity index (χ3v) is 4.53. The predicted octanol–water partition coefficient (Wildman–Crippen LogP) is 1.65. The second kappa shape index (κ2) is 4.51. The molecule has 3 atom stereocenters. The summed E-state index contributed by atoms with van der Waals surface area (Å²) in [7, 11) is 0. The van der Waals surface area contributed by atoms with Crippen molar-refractivity contribution >= 4 is 17.6 Å². The first-order valence-electron chi connectivity index (χ1n) is 6.90. The van der Waals surface area contributed by atoms with Crippen LogP contribution in [-0.2, 0) is 4.79 Å². The summed E-state index contributed by atoms with van der Waals surface area (Å²) in [6.45, 7) is 1.91. The highest BCUT2D eigenvalue weighted by molar-refractivity contribution is 6.00. The molecule has 1 aromatic carbocycles. The largest absolute Gasteiger partial charge is 0.481 e. The van der Waals surface area contributed by atoms with Crippen LogP contribution in [0.15, 0.2) is 18.2 Å². The van der Waals surface area contributed by atoms with E-state index in [9.17, 15) is 14.7 Å². The predicted molar refractivity (Wildman–Crippen MR) is 74.3 cm³/mol. The Morgan fingerprint density at radius 2 is 2.10 bits per heavy atom. The molecule has 5 heteroatoms. The number of fused-ring (bicyclic) bond motifs is 2. The molecule has 2 bridgehead atoms. The van der Waals surface area contributed by atoms with Gasteiger partial charge in [-0.3, -0.25) is 9.59 Å². The topological polar surface area (TPSA) is 83.6 Å². The minimum Gasteiger partial charge on any atom is -0.481 e. The number of nitrogen functional groups attached to an aromatic ring is 1. The molecule has 2 saturated heterocycles. The average Bonchev–Trinajstić information content (AvgIpc) is 2.98. The van der Waals surface area contributed by atoms with Crippen molar-refractivity contribution < 1.29 is 14.7 Å². The van der Waals surface area contributed by atoms with Crippen molar-refractivity contribution in [2.24, 2.45) is 5.92 Å². The number of carboxylic acid groups (broad SMARTS) is 1. The van der Waals surface area contributed by atoms with Crippen LogP contribution in [-0.4, -0.2) is 34.0 Å². The van der Waals surface area contributed by atoms with Crippen molar-refractivity contribution in [3.05, 3.63) is 29.3 Å². The van der Waals surface area contributed by atoms with Crippen molar-refractivity contribution in [3.8, 4) is 0 Å². The van der Waals surface area contributed by atoms with Gasteiger partial charge in [-0.25, -0.2) is 0 Å². The van der Waals surface area contributed by atoms with Crippen molar-refractivity contribution in [1.82, 2.24) is 4.90 Å². The summed E-state index contributed by atoms with van der Waals surface area (Å²) < 4.78 is 0. The lowest BCUT2D eigenvalue weighted by Gasteiger charge is -2.24. The summed E-state index contributed by atoms with van der Waals surface area (Å²) in [5.74, 6) is -1.35. The maximum Gasteiger partial charge on any atom is 0.308 e. The number of hydrogen-bond donors (Lipinski definition) is 2.